The zero-order valence-corrected chi connectivity index (χ0v) is 10.1. The van der Waals surface area contributed by atoms with Crippen LogP contribution in [0.25, 0.3) is 0 Å². The smallest absolute Gasteiger partial charge is 0.236 e. The molecule has 1 aromatic rings. The summed E-state index contributed by atoms with van der Waals surface area (Å²) in [6.45, 7) is 2.01. The van der Waals surface area contributed by atoms with Gasteiger partial charge in [0.15, 0.2) is 0 Å². The maximum absolute atomic E-state index is 11.4. The Morgan fingerprint density at radius 2 is 2.06 bits per heavy atom. The molecule has 4 nitrogen and oxygen atoms in total. The summed E-state index contributed by atoms with van der Waals surface area (Å²) in [4.78, 5) is 16.0. The molecule has 1 amide bonds. The zero-order valence-electron chi connectivity index (χ0n) is 10.1. The lowest BCUT2D eigenvalue weighted by molar-refractivity contribution is -0.126. The molecule has 4 heteroatoms. The van der Waals surface area contributed by atoms with Crippen LogP contribution in [0, 0.1) is 12.8 Å². The second kappa shape index (κ2) is 5.27. The first-order valence-electron chi connectivity index (χ1n) is 6.14. The Morgan fingerprint density at radius 3 is 2.65 bits per heavy atom. The van der Waals surface area contributed by atoms with Crippen molar-refractivity contribution in [2.75, 3.05) is 0 Å². The van der Waals surface area contributed by atoms with Crippen LogP contribution >= 0.6 is 0 Å². The largest absolute Gasteiger partial charge is 0.294 e. The second-order valence-corrected chi connectivity index (χ2v) is 4.76. The molecule has 0 bridgehead atoms. The number of carbonyl (C=O) groups excluding carboxylic acids is 1. The van der Waals surface area contributed by atoms with E-state index < -0.39 is 0 Å². The first kappa shape index (κ1) is 12.0. The van der Waals surface area contributed by atoms with Gasteiger partial charge in [0.25, 0.3) is 0 Å². The van der Waals surface area contributed by atoms with Crippen LogP contribution in [0.3, 0.4) is 0 Å². The van der Waals surface area contributed by atoms with E-state index in [0.717, 1.165) is 37.1 Å². The van der Waals surface area contributed by atoms with Gasteiger partial charge in [-0.1, -0.05) is 6.07 Å². The van der Waals surface area contributed by atoms with Crippen LogP contribution in [0.1, 0.15) is 43.0 Å². The van der Waals surface area contributed by atoms with Crippen molar-refractivity contribution in [3.05, 3.63) is 29.6 Å². The van der Waals surface area contributed by atoms with E-state index in [9.17, 15) is 4.79 Å². The third-order valence-electron chi connectivity index (χ3n) is 3.57. The summed E-state index contributed by atoms with van der Waals surface area (Å²) in [6, 6.07) is 6.15. The van der Waals surface area contributed by atoms with E-state index >= 15 is 0 Å². The van der Waals surface area contributed by atoms with E-state index in [1.165, 1.54) is 0 Å². The normalized spacial score (nSPS) is 24.4. The van der Waals surface area contributed by atoms with Crippen LogP contribution in [0.5, 0.6) is 0 Å². The predicted octanol–water partition coefficient (Wildman–Crippen LogP) is 1.65. The van der Waals surface area contributed by atoms with Gasteiger partial charge in [-0.2, -0.15) is 0 Å². The summed E-state index contributed by atoms with van der Waals surface area (Å²) in [5.41, 5.74) is 4.47. The zero-order chi connectivity index (χ0) is 12.3. The van der Waals surface area contributed by atoms with Crippen LogP contribution in [-0.4, -0.2) is 10.9 Å². The molecule has 0 spiro atoms. The lowest BCUT2D eigenvalue weighted by atomic mass is 9.80. The molecule has 0 aliphatic heterocycles. The minimum atomic E-state index is -0.0272. The maximum atomic E-state index is 11.4. The number of aryl methyl sites for hydroxylation is 1. The van der Waals surface area contributed by atoms with Crippen molar-refractivity contribution in [2.45, 2.75) is 38.5 Å². The van der Waals surface area contributed by atoms with Crippen LogP contribution < -0.4 is 11.3 Å². The Kier molecular flexibility index (Phi) is 3.74. The molecule has 3 N–H and O–H groups in total. The van der Waals surface area contributed by atoms with E-state index in [-0.39, 0.29) is 11.8 Å². The number of hydrogen-bond donors (Lipinski definition) is 2. The van der Waals surface area contributed by atoms with Crippen molar-refractivity contribution in [3.63, 3.8) is 0 Å². The summed E-state index contributed by atoms with van der Waals surface area (Å²) in [5.74, 6) is 5.71. The number of hydrazine groups is 1. The molecule has 0 unspecified atom stereocenters. The van der Waals surface area contributed by atoms with Crippen LogP contribution in [0.4, 0.5) is 0 Å². The highest BCUT2D eigenvalue weighted by atomic mass is 16.2. The van der Waals surface area contributed by atoms with Crippen molar-refractivity contribution in [3.8, 4) is 0 Å². The molecule has 2 rings (SSSR count). The molecular formula is C13H19N3O. The first-order valence-corrected chi connectivity index (χ1v) is 6.14. The van der Waals surface area contributed by atoms with Crippen LogP contribution in [0.2, 0.25) is 0 Å². The van der Waals surface area contributed by atoms with E-state index in [2.05, 4.69) is 22.5 Å². The summed E-state index contributed by atoms with van der Waals surface area (Å²) in [6.07, 6.45) is 3.86. The van der Waals surface area contributed by atoms with E-state index in [0.29, 0.717) is 5.92 Å². The number of nitrogens with zero attached hydrogens (tertiary/aromatic N) is 1. The molecule has 0 atom stereocenters. The average molecular weight is 233 g/mol. The van der Waals surface area contributed by atoms with Gasteiger partial charge in [-0.3, -0.25) is 15.2 Å². The lowest BCUT2D eigenvalue weighted by Crippen LogP contribution is -2.37. The van der Waals surface area contributed by atoms with Gasteiger partial charge < -0.3 is 0 Å². The minimum absolute atomic E-state index is 0.0272. The Bertz CT molecular complexity index is 397. The number of nitrogens with one attached hydrogen (secondary N) is 1. The van der Waals surface area contributed by atoms with Crippen LogP contribution in [0.15, 0.2) is 18.2 Å². The molecule has 0 radical (unpaired) electrons. The topological polar surface area (TPSA) is 68.0 Å². The van der Waals surface area contributed by atoms with Crippen molar-refractivity contribution in [1.82, 2.24) is 10.4 Å². The van der Waals surface area contributed by atoms with Gasteiger partial charge in [-0.05, 0) is 44.7 Å². The number of carbonyl (C=O) groups is 1. The third-order valence-corrected chi connectivity index (χ3v) is 3.57. The predicted molar refractivity (Wildman–Crippen MR) is 66.0 cm³/mol. The number of amides is 1. The van der Waals surface area contributed by atoms with E-state index in [4.69, 9.17) is 5.84 Å². The van der Waals surface area contributed by atoms with Gasteiger partial charge in [0, 0.05) is 23.2 Å². The molecule has 1 fully saturated rings. The molecule has 92 valence electrons. The van der Waals surface area contributed by atoms with Crippen molar-refractivity contribution < 1.29 is 4.79 Å². The molecule has 1 aliphatic rings. The molecule has 1 aromatic heterocycles. The second-order valence-electron chi connectivity index (χ2n) is 4.76. The monoisotopic (exact) mass is 233 g/mol. The molecule has 0 saturated heterocycles. The highest BCUT2D eigenvalue weighted by Gasteiger charge is 2.27. The third kappa shape index (κ3) is 2.82. The highest BCUT2D eigenvalue weighted by molar-refractivity contribution is 5.78. The number of pyridine rings is 1. The van der Waals surface area contributed by atoms with Gasteiger partial charge in [-0.25, -0.2) is 5.84 Å². The fourth-order valence-electron chi connectivity index (χ4n) is 2.56. The molecule has 1 heterocycles. The standard InChI is InChI=1S/C13H19N3O/c1-9-3-2-4-12(15-9)10-5-7-11(8-6-10)13(17)16-14/h2-4,10-11H,5-8,14H2,1H3,(H,16,17). The van der Waals surface area contributed by atoms with Crippen molar-refractivity contribution in [1.29, 1.82) is 0 Å². The van der Waals surface area contributed by atoms with Gasteiger partial charge in [0.1, 0.15) is 0 Å². The van der Waals surface area contributed by atoms with Crippen molar-refractivity contribution >= 4 is 5.91 Å². The van der Waals surface area contributed by atoms with Crippen molar-refractivity contribution in [2.24, 2.45) is 11.8 Å². The number of rotatable bonds is 2. The molecule has 0 aromatic carbocycles. The Hall–Kier alpha value is -1.42. The van der Waals surface area contributed by atoms with Gasteiger partial charge in [-0.15, -0.1) is 0 Å². The molecule has 1 saturated carbocycles. The minimum Gasteiger partial charge on any atom is -0.294 e. The molecule has 1 aliphatic carbocycles. The number of aromatic nitrogens is 1. The highest BCUT2D eigenvalue weighted by Crippen LogP contribution is 2.34. The first-order chi connectivity index (χ1) is 8.20. The number of nitrogens with two attached hydrogens (primary N) is 1. The Balaban J connectivity index is 1.97. The molecule has 17 heavy (non-hydrogen) atoms. The fraction of sp³-hybridized carbons (Fsp3) is 0.538. The van der Waals surface area contributed by atoms with Crippen LogP contribution in [-0.2, 0) is 4.79 Å². The summed E-state index contributed by atoms with van der Waals surface area (Å²) >= 11 is 0. The Labute approximate surface area is 102 Å². The van der Waals surface area contributed by atoms with Gasteiger partial charge >= 0.3 is 0 Å². The number of hydrogen-bond acceptors (Lipinski definition) is 3. The SMILES string of the molecule is Cc1cccc(C2CCC(C(=O)NN)CC2)n1. The Morgan fingerprint density at radius 1 is 1.35 bits per heavy atom. The summed E-state index contributed by atoms with van der Waals surface area (Å²) < 4.78 is 0. The summed E-state index contributed by atoms with van der Waals surface area (Å²) in [7, 11) is 0. The summed E-state index contributed by atoms with van der Waals surface area (Å²) in [5, 5.41) is 0. The van der Waals surface area contributed by atoms with Gasteiger partial charge in [0.05, 0.1) is 0 Å². The lowest BCUT2D eigenvalue weighted by Gasteiger charge is -2.27. The average Bonchev–Trinajstić information content (AvgIpc) is 2.38. The quantitative estimate of drug-likeness (QED) is 0.463. The van der Waals surface area contributed by atoms with Gasteiger partial charge in [0.2, 0.25) is 5.91 Å². The fourth-order valence-corrected chi connectivity index (χ4v) is 2.56. The maximum Gasteiger partial charge on any atom is 0.236 e. The van der Waals surface area contributed by atoms with E-state index in [1.54, 1.807) is 0 Å². The van der Waals surface area contributed by atoms with E-state index in [1.807, 2.05) is 13.0 Å². The molecular weight excluding hydrogens is 214 g/mol.